The molecular formula is C14H7Cl2NO. The van der Waals surface area contributed by atoms with Crippen LogP contribution in [0.25, 0.3) is 21.7 Å². The molecule has 1 aromatic heterocycles. The van der Waals surface area contributed by atoms with Gasteiger partial charge in [-0.1, -0.05) is 48.0 Å². The van der Waals surface area contributed by atoms with Crippen molar-refractivity contribution in [3.05, 3.63) is 53.2 Å². The number of benzene rings is 2. The Balaban J connectivity index is 2.48. The second-order valence-electron chi connectivity index (χ2n) is 3.94. The summed E-state index contributed by atoms with van der Waals surface area (Å²) in [4.78, 5) is 15.5. The molecule has 0 unspecified atom stereocenters. The number of nitrogens with zero attached hydrogens (tertiary/aromatic N) is 1. The number of carbonyl (C=O) groups excluding carboxylic acids is 1. The Morgan fingerprint density at radius 1 is 1.06 bits per heavy atom. The maximum Gasteiger partial charge on any atom is 0.255 e. The average Bonchev–Trinajstić information content (AvgIpc) is 2.38. The van der Waals surface area contributed by atoms with E-state index in [1.165, 1.54) is 6.20 Å². The first-order valence-corrected chi connectivity index (χ1v) is 6.10. The van der Waals surface area contributed by atoms with Gasteiger partial charge in [0.15, 0.2) is 0 Å². The summed E-state index contributed by atoms with van der Waals surface area (Å²) in [5, 5.41) is 2.58. The van der Waals surface area contributed by atoms with E-state index in [9.17, 15) is 4.79 Å². The van der Waals surface area contributed by atoms with Gasteiger partial charge in [-0.25, -0.2) is 0 Å². The molecule has 3 rings (SSSR count). The van der Waals surface area contributed by atoms with Crippen molar-refractivity contribution in [3.8, 4) is 0 Å². The predicted molar refractivity (Wildman–Crippen MR) is 74.4 cm³/mol. The minimum atomic E-state index is -0.595. The van der Waals surface area contributed by atoms with E-state index < -0.39 is 5.24 Å². The van der Waals surface area contributed by atoms with E-state index in [0.29, 0.717) is 5.02 Å². The Kier molecular flexibility index (Phi) is 2.69. The molecule has 4 heteroatoms. The van der Waals surface area contributed by atoms with Gasteiger partial charge in [0, 0.05) is 17.0 Å². The lowest BCUT2D eigenvalue weighted by atomic mass is 10.1. The normalized spacial score (nSPS) is 11.0. The molecule has 18 heavy (non-hydrogen) atoms. The molecule has 0 N–H and O–H groups in total. The Bertz CT molecular complexity index is 783. The highest BCUT2D eigenvalue weighted by molar-refractivity contribution is 6.69. The van der Waals surface area contributed by atoms with Crippen molar-refractivity contribution in [1.82, 2.24) is 4.98 Å². The summed E-state index contributed by atoms with van der Waals surface area (Å²) in [7, 11) is 0. The molecule has 0 aliphatic carbocycles. The number of fused-ring (bicyclic) bond motifs is 3. The summed E-state index contributed by atoms with van der Waals surface area (Å²) in [5.41, 5.74) is 1.01. The molecule has 3 aromatic rings. The van der Waals surface area contributed by atoms with Crippen LogP contribution >= 0.6 is 23.2 Å². The van der Waals surface area contributed by atoms with Crippen molar-refractivity contribution >= 4 is 50.1 Å². The van der Waals surface area contributed by atoms with Crippen LogP contribution in [-0.2, 0) is 0 Å². The van der Waals surface area contributed by atoms with Crippen molar-refractivity contribution in [1.29, 1.82) is 0 Å². The Labute approximate surface area is 113 Å². The summed E-state index contributed by atoms with van der Waals surface area (Å²) in [6.45, 7) is 0. The van der Waals surface area contributed by atoms with E-state index in [0.717, 1.165) is 21.7 Å². The second kappa shape index (κ2) is 4.23. The molecule has 0 amide bonds. The van der Waals surface area contributed by atoms with Crippen LogP contribution in [0, 0.1) is 0 Å². The Morgan fingerprint density at radius 3 is 2.61 bits per heavy atom. The van der Waals surface area contributed by atoms with Crippen LogP contribution < -0.4 is 0 Å². The summed E-state index contributed by atoms with van der Waals surface area (Å²) in [6.07, 6.45) is 1.42. The molecule has 0 spiro atoms. The third-order valence-electron chi connectivity index (χ3n) is 2.91. The van der Waals surface area contributed by atoms with Crippen LogP contribution in [0.5, 0.6) is 0 Å². The van der Waals surface area contributed by atoms with Gasteiger partial charge in [0.1, 0.15) is 0 Å². The van der Waals surface area contributed by atoms with Gasteiger partial charge in [-0.2, -0.15) is 0 Å². The lowest BCUT2D eigenvalue weighted by Gasteiger charge is -2.06. The SMILES string of the molecule is O=C(Cl)c1cnc2c(ccc3ccccc32)c1Cl. The molecule has 2 nitrogen and oxygen atoms in total. The van der Waals surface area contributed by atoms with Crippen molar-refractivity contribution in [2.75, 3.05) is 0 Å². The van der Waals surface area contributed by atoms with Crippen molar-refractivity contribution < 1.29 is 4.79 Å². The van der Waals surface area contributed by atoms with E-state index in [1.807, 2.05) is 36.4 Å². The van der Waals surface area contributed by atoms with Gasteiger partial charge in [-0.15, -0.1) is 0 Å². The maximum absolute atomic E-state index is 11.2. The third-order valence-corrected chi connectivity index (χ3v) is 3.52. The van der Waals surface area contributed by atoms with E-state index in [2.05, 4.69) is 4.98 Å². The fraction of sp³-hybridized carbons (Fsp3) is 0. The van der Waals surface area contributed by atoms with Gasteiger partial charge in [0.05, 0.1) is 16.1 Å². The quantitative estimate of drug-likeness (QED) is 0.486. The maximum atomic E-state index is 11.2. The van der Waals surface area contributed by atoms with Crippen LogP contribution in [0.15, 0.2) is 42.6 Å². The fourth-order valence-electron chi connectivity index (χ4n) is 2.04. The molecule has 0 radical (unpaired) electrons. The summed E-state index contributed by atoms with van der Waals surface area (Å²) in [6, 6.07) is 11.7. The zero-order valence-corrected chi connectivity index (χ0v) is 10.7. The monoisotopic (exact) mass is 275 g/mol. The first-order valence-electron chi connectivity index (χ1n) is 5.34. The standard InChI is InChI=1S/C14H7Cl2NO/c15-12-10-6-5-8-3-1-2-4-9(8)13(10)17-7-11(12)14(16)18/h1-7H. The average molecular weight is 276 g/mol. The smallest absolute Gasteiger partial charge is 0.255 e. The van der Waals surface area contributed by atoms with Crippen molar-refractivity contribution in [2.45, 2.75) is 0 Å². The summed E-state index contributed by atoms with van der Waals surface area (Å²) >= 11 is 11.7. The number of halogens is 2. The minimum absolute atomic E-state index is 0.237. The van der Waals surface area contributed by atoms with Crippen molar-refractivity contribution in [2.24, 2.45) is 0 Å². The Morgan fingerprint density at radius 2 is 1.83 bits per heavy atom. The molecule has 0 fully saturated rings. The number of hydrogen-bond donors (Lipinski definition) is 0. The van der Waals surface area contributed by atoms with Gasteiger partial charge in [0.2, 0.25) is 0 Å². The van der Waals surface area contributed by atoms with Gasteiger partial charge in [-0.3, -0.25) is 9.78 Å². The number of carbonyl (C=O) groups is 1. The lowest BCUT2D eigenvalue weighted by Crippen LogP contribution is -1.94. The van der Waals surface area contributed by atoms with Crippen LogP contribution in [0.4, 0.5) is 0 Å². The molecule has 0 aliphatic rings. The third kappa shape index (κ3) is 1.65. The largest absolute Gasteiger partial charge is 0.275 e. The van der Waals surface area contributed by atoms with E-state index in [4.69, 9.17) is 23.2 Å². The van der Waals surface area contributed by atoms with E-state index >= 15 is 0 Å². The second-order valence-corrected chi connectivity index (χ2v) is 4.66. The predicted octanol–water partition coefficient (Wildman–Crippen LogP) is 4.42. The molecular weight excluding hydrogens is 269 g/mol. The van der Waals surface area contributed by atoms with Gasteiger partial charge in [-0.05, 0) is 17.0 Å². The van der Waals surface area contributed by atoms with Crippen LogP contribution in [0.3, 0.4) is 0 Å². The highest BCUT2D eigenvalue weighted by Gasteiger charge is 2.13. The lowest BCUT2D eigenvalue weighted by molar-refractivity contribution is 0.108. The summed E-state index contributed by atoms with van der Waals surface area (Å²) in [5.74, 6) is 0. The number of hydrogen-bond acceptors (Lipinski definition) is 2. The number of pyridine rings is 1. The summed E-state index contributed by atoms with van der Waals surface area (Å²) < 4.78 is 0. The molecule has 0 bridgehead atoms. The van der Waals surface area contributed by atoms with Gasteiger partial charge >= 0.3 is 0 Å². The molecule has 0 aliphatic heterocycles. The number of aromatic nitrogens is 1. The first-order chi connectivity index (χ1) is 8.68. The molecule has 0 atom stereocenters. The van der Waals surface area contributed by atoms with Gasteiger partial charge < -0.3 is 0 Å². The Hall–Kier alpha value is -1.64. The zero-order chi connectivity index (χ0) is 12.7. The van der Waals surface area contributed by atoms with E-state index in [-0.39, 0.29) is 5.56 Å². The minimum Gasteiger partial charge on any atom is -0.275 e. The topological polar surface area (TPSA) is 30.0 Å². The molecule has 88 valence electrons. The molecule has 2 aromatic carbocycles. The zero-order valence-electron chi connectivity index (χ0n) is 9.15. The first kappa shape index (κ1) is 11.5. The highest BCUT2D eigenvalue weighted by Crippen LogP contribution is 2.31. The highest BCUT2D eigenvalue weighted by atomic mass is 35.5. The van der Waals surface area contributed by atoms with Gasteiger partial charge in [0.25, 0.3) is 5.24 Å². The fourth-order valence-corrected chi connectivity index (χ4v) is 2.52. The van der Waals surface area contributed by atoms with Crippen LogP contribution in [0.2, 0.25) is 5.02 Å². The molecule has 0 saturated carbocycles. The number of rotatable bonds is 1. The van der Waals surface area contributed by atoms with E-state index in [1.54, 1.807) is 0 Å². The van der Waals surface area contributed by atoms with Crippen molar-refractivity contribution in [3.63, 3.8) is 0 Å². The van der Waals surface area contributed by atoms with Crippen LogP contribution in [-0.4, -0.2) is 10.2 Å². The molecule has 0 saturated heterocycles. The molecule has 1 heterocycles. The van der Waals surface area contributed by atoms with Crippen LogP contribution in [0.1, 0.15) is 10.4 Å².